The summed E-state index contributed by atoms with van der Waals surface area (Å²) in [7, 11) is 5.32. The van der Waals surface area contributed by atoms with Crippen molar-refractivity contribution in [2.75, 3.05) is 57.7 Å². The van der Waals surface area contributed by atoms with Crippen LogP contribution in [0.3, 0.4) is 0 Å². The monoisotopic (exact) mass is 381 g/mol. The largest absolute Gasteiger partial charge is 0.493 e. The van der Waals surface area contributed by atoms with Crippen molar-refractivity contribution >= 4 is 23.4 Å². The lowest BCUT2D eigenvalue weighted by Gasteiger charge is -2.34. The van der Waals surface area contributed by atoms with Crippen LogP contribution in [0.15, 0.2) is 48.5 Å². The van der Waals surface area contributed by atoms with Crippen molar-refractivity contribution in [3.05, 3.63) is 54.1 Å². The average Bonchev–Trinajstić information content (AvgIpc) is 2.73. The van der Waals surface area contributed by atoms with E-state index in [0.29, 0.717) is 11.5 Å². The van der Waals surface area contributed by atoms with Crippen LogP contribution in [0.2, 0.25) is 0 Å². The van der Waals surface area contributed by atoms with Gasteiger partial charge in [-0.2, -0.15) is 0 Å². The van der Waals surface area contributed by atoms with E-state index in [1.54, 1.807) is 20.3 Å². The summed E-state index contributed by atoms with van der Waals surface area (Å²) < 4.78 is 10.5. The van der Waals surface area contributed by atoms with Gasteiger partial charge < -0.3 is 24.6 Å². The number of nitrogens with zero attached hydrogens (tertiary/aromatic N) is 2. The molecular formula is C22H27N3O3. The fourth-order valence-corrected chi connectivity index (χ4v) is 3.13. The van der Waals surface area contributed by atoms with Crippen LogP contribution in [0, 0.1) is 0 Å². The van der Waals surface area contributed by atoms with E-state index in [4.69, 9.17) is 9.47 Å². The van der Waals surface area contributed by atoms with Crippen LogP contribution in [0.25, 0.3) is 6.08 Å². The number of carbonyl (C=O) groups is 1. The summed E-state index contributed by atoms with van der Waals surface area (Å²) in [5, 5.41) is 2.89. The second-order valence-electron chi connectivity index (χ2n) is 6.77. The van der Waals surface area contributed by atoms with Crippen molar-refractivity contribution in [1.82, 2.24) is 4.90 Å². The maximum atomic E-state index is 12.2. The zero-order chi connectivity index (χ0) is 19.9. The molecule has 1 heterocycles. The molecule has 1 amide bonds. The lowest BCUT2D eigenvalue weighted by molar-refractivity contribution is -0.111. The molecule has 0 radical (unpaired) electrons. The zero-order valence-corrected chi connectivity index (χ0v) is 16.6. The molecule has 0 saturated carbocycles. The number of hydrogen-bond acceptors (Lipinski definition) is 5. The van der Waals surface area contributed by atoms with Crippen molar-refractivity contribution in [3.63, 3.8) is 0 Å². The first-order valence-electron chi connectivity index (χ1n) is 9.33. The highest BCUT2D eigenvalue weighted by Crippen LogP contribution is 2.28. The Kier molecular flexibility index (Phi) is 6.55. The number of likely N-dealkylation sites (N-methyl/N-ethyl adjacent to an activating group) is 1. The van der Waals surface area contributed by atoms with Gasteiger partial charge >= 0.3 is 0 Å². The number of amides is 1. The van der Waals surface area contributed by atoms with Gasteiger partial charge in [0.05, 0.1) is 14.2 Å². The van der Waals surface area contributed by atoms with Crippen LogP contribution in [0.1, 0.15) is 5.56 Å². The number of methoxy groups -OCH3 is 2. The van der Waals surface area contributed by atoms with E-state index in [9.17, 15) is 4.79 Å². The Labute approximate surface area is 166 Å². The molecular weight excluding hydrogens is 354 g/mol. The normalized spacial score (nSPS) is 14.9. The molecule has 0 aliphatic carbocycles. The molecule has 2 aromatic carbocycles. The Morgan fingerprint density at radius 3 is 2.29 bits per heavy atom. The fraction of sp³-hybridized carbons (Fsp3) is 0.318. The summed E-state index contributed by atoms with van der Waals surface area (Å²) >= 11 is 0. The predicted octanol–water partition coefficient (Wildman–Crippen LogP) is 3.11. The Hall–Kier alpha value is -2.99. The summed E-state index contributed by atoms with van der Waals surface area (Å²) in [6.07, 6.45) is 3.26. The summed E-state index contributed by atoms with van der Waals surface area (Å²) in [4.78, 5) is 16.9. The summed E-state index contributed by atoms with van der Waals surface area (Å²) in [6, 6.07) is 13.5. The molecule has 2 aromatic rings. The molecule has 1 N–H and O–H groups in total. The van der Waals surface area contributed by atoms with Crippen LogP contribution in [0.4, 0.5) is 11.4 Å². The SMILES string of the molecule is COc1ccc(/C=C/C(=O)Nc2ccc(N3CCN(C)CC3)cc2)cc1OC. The smallest absolute Gasteiger partial charge is 0.248 e. The molecule has 0 atom stereocenters. The highest BCUT2D eigenvalue weighted by molar-refractivity contribution is 6.02. The van der Waals surface area contributed by atoms with Crippen molar-refractivity contribution in [1.29, 1.82) is 0 Å². The topological polar surface area (TPSA) is 54.0 Å². The van der Waals surface area contributed by atoms with Gasteiger partial charge in [-0.15, -0.1) is 0 Å². The third-order valence-electron chi connectivity index (χ3n) is 4.84. The molecule has 1 aliphatic rings. The van der Waals surface area contributed by atoms with Gasteiger partial charge in [-0.3, -0.25) is 4.79 Å². The van der Waals surface area contributed by atoms with Crippen LogP contribution in [-0.4, -0.2) is 58.3 Å². The van der Waals surface area contributed by atoms with Gasteiger partial charge in [-0.05, 0) is 55.1 Å². The molecule has 0 spiro atoms. The van der Waals surface area contributed by atoms with Crippen LogP contribution < -0.4 is 19.7 Å². The molecule has 1 saturated heterocycles. The Morgan fingerprint density at radius 1 is 0.964 bits per heavy atom. The Balaban J connectivity index is 1.58. The summed E-state index contributed by atoms with van der Waals surface area (Å²) in [5.41, 5.74) is 2.82. The standard InChI is InChI=1S/C22H27N3O3/c1-24-12-14-25(15-13-24)19-8-6-18(7-9-19)23-22(26)11-5-17-4-10-20(27-2)21(16-17)28-3/h4-11,16H,12-15H2,1-3H3,(H,23,26)/b11-5+. The molecule has 0 bridgehead atoms. The lowest BCUT2D eigenvalue weighted by Crippen LogP contribution is -2.44. The Morgan fingerprint density at radius 2 is 1.64 bits per heavy atom. The Bertz CT molecular complexity index is 825. The van der Waals surface area contributed by atoms with Crippen LogP contribution in [0.5, 0.6) is 11.5 Å². The number of ether oxygens (including phenoxy) is 2. The average molecular weight is 381 g/mol. The maximum absolute atomic E-state index is 12.2. The number of anilines is 2. The fourth-order valence-electron chi connectivity index (χ4n) is 3.13. The third-order valence-corrected chi connectivity index (χ3v) is 4.84. The minimum Gasteiger partial charge on any atom is -0.493 e. The summed E-state index contributed by atoms with van der Waals surface area (Å²) in [5.74, 6) is 1.11. The molecule has 1 aliphatic heterocycles. The van der Waals surface area contributed by atoms with Crippen molar-refractivity contribution in [2.45, 2.75) is 0 Å². The quantitative estimate of drug-likeness (QED) is 0.780. The molecule has 6 nitrogen and oxygen atoms in total. The number of hydrogen-bond donors (Lipinski definition) is 1. The van der Waals surface area contributed by atoms with E-state index in [0.717, 1.165) is 37.4 Å². The number of nitrogens with one attached hydrogen (secondary N) is 1. The minimum atomic E-state index is -0.179. The second kappa shape index (κ2) is 9.28. The van der Waals surface area contributed by atoms with Gasteiger partial charge in [0, 0.05) is 43.6 Å². The van der Waals surface area contributed by atoms with E-state index in [-0.39, 0.29) is 5.91 Å². The highest BCUT2D eigenvalue weighted by Gasteiger charge is 2.14. The minimum absolute atomic E-state index is 0.179. The molecule has 28 heavy (non-hydrogen) atoms. The van der Waals surface area contributed by atoms with Gasteiger partial charge in [0.15, 0.2) is 11.5 Å². The molecule has 0 unspecified atom stereocenters. The second-order valence-corrected chi connectivity index (χ2v) is 6.77. The molecule has 148 valence electrons. The number of rotatable bonds is 6. The molecule has 0 aromatic heterocycles. The molecule has 3 rings (SSSR count). The van der Waals surface area contributed by atoms with Crippen molar-refractivity contribution < 1.29 is 14.3 Å². The zero-order valence-electron chi connectivity index (χ0n) is 16.6. The van der Waals surface area contributed by atoms with Crippen molar-refractivity contribution in [2.24, 2.45) is 0 Å². The first-order chi connectivity index (χ1) is 13.6. The van der Waals surface area contributed by atoms with Gasteiger partial charge in [-0.1, -0.05) is 6.07 Å². The van der Waals surface area contributed by atoms with Crippen LogP contribution >= 0.6 is 0 Å². The van der Waals surface area contributed by atoms with Gasteiger partial charge in [0.1, 0.15) is 0 Å². The van der Waals surface area contributed by atoms with Gasteiger partial charge in [0.2, 0.25) is 5.91 Å². The predicted molar refractivity (Wildman–Crippen MR) is 113 cm³/mol. The lowest BCUT2D eigenvalue weighted by atomic mass is 10.2. The van der Waals surface area contributed by atoms with Crippen LogP contribution in [-0.2, 0) is 4.79 Å². The highest BCUT2D eigenvalue weighted by atomic mass is 16.5. The molecule has 6 heteroatoms. The van der Waals surface area contributed by atoms with E-state index >= 15 is 0 Å². The first-order valence-corrected chi connectivity index (χ1v) is 9.33. The molecule has 1 fully saturated rings. The first kappa shape index (κ1) is 19.8. The van der Waals surface area contributed by atoms with Gasteiger partial charge in [0.25, 0.3) is 0 Å². The number of benzene rings is 2. The van der Waals surface area contributed by atoms with E-state index < -0.39 is 0 Å². The van der Waals surface area contributed by atoms with Crippen molar-refractivity contribution in [3.8, 4) is 11.5 Å². The number of carbonyl (C=O) groups excluding carboxylic acids is 1. The van der Waals surface area contributed by atoms with Gasteiger partial charge in [-0.25, -0.2) is 0 Å². The maximum Gasteiger partial charge on any atom is 0.248 e. The van der Waals surface area contributed by atoms with E-state index in [1.165, 1.54) is 11.8 Å². The van der Waals surface area contributed by atoms with E-state index in [1.807, 2.05) is 30.3 Å². The number of piperazine rings is 1. The third kappa shape index (κ3) is 5.04. The van der Waals surface area contributed by atoms with E-state index in [2.05, 4.69) is 34.3 Å². The summed E-state index contributed by atoms with van der Waals surface area (Å²) in [6.45, 7) is 4.19.